The average Bonchev–Trinajstić information content (AvgIpc) is 3.37. The molecule has 2 aliphatic rings. The van der Waals surface area contributed by atoms with Gasteiger partial charge in [0.15, 0.2) is 0 Å². The Bertz CT molecular complexity index is 1010. The molecule has 1 unspecified atom stereocenters. The summed E-state index contributed by atoms with van der Waals surface area (Å²) in [5, 5.41) is 9.33. The summed E-state index contributed by atoms with van der Waals surface area (Å²) in [6, 6.07) is 10.7. The number of aromatic nitrogens is 1. The molecule has 2 heterocycles. The van der Waals surface area contributed by atoms with Crippen LogP contribution in [0.4, 0.5) is 0 Å². The van der Waals surface area contributed by atoms with E-state index in [4.69, 9.17) is 4.74 Å². The minimum atomic E-state index is 0.318. The number of fused-ring (bicyclic) bond motifs is 1. The van der Waals surface area contributed by atoms with Crippen LogP contribution >= 0.6 is 0 Å². The number of allylic oxidation sites excluding steroid dienone is 1. The Morgan fingerprint density at radius 1 is 1.29 bits per heavy atom. The zero-order valence-electron chi connectivity index (χ0n) is 16.1. The molecule has 0 saturated carbocycles. The SMILES string of the molecule is CCCCC1C=C(COc2ccc3c(c2)C=C(c2ccncc2C#N)C3)C=N1. The quantitative estimate of drug-likeness (QED) is 0.690. The summed E-state index contributed by atoms with van der Waals surface area (Å²) in [5.74, 6) is 0.859. The summed E-state index contributed by atoms with van der Waals surface area (Å²) in [7, 11) is 0. The first-order valence-corrected chi connectivity index (χ1v) is 9.81. The van der Waals surface area contributed by atoms with E-state index in [2.05, 4.69) is 47.3 Å². The first-order valence-electron chi connectivity index (χ1n) is 9.81. The highest BCUT2D eigenvalue weighted by Crippen LogP contribution is 2.34. The second-order valence-corrected chi connectivity index (χ2v) is 7.26. The van der Waals surface area contributed by atoms with Crippen LogP contribution in [0.15, 0.2) is 53.3 Å². The molecule has 2 aromatic rings. The molecule has 1 aromatic heterocycles. The normalized spacial score (nSPS) is 17.1. The lowest BCUT2D eigenvalue weighted by Gasteiger charge is -2.07. The Labute approximate surface area is 165 Å². The molecule has 0 fully saturated rings. The van der Waals surface area contributed by atoms with Crippen LogP contribution < -0.4 is 4.74 Å². The highest BCUT2D eigenvalue weighted by Gasteiger charge is 2.17. The average molecular weight is 369 g/mol. The molecule has 0 N–H and O–H groups in total. The molecule has 4 rings (SSSR count). The van der Waals surface area contributed by atoms with Crippen LogP contribution in [-0.4, -0.2) is 23.8 Å². The van der Waals surface area contributed by atoms with Crippen LogP contribution in [-0.2, 0) is 6.42 Å². The molecule has 0 spiro atoms. The van der Waals surface area contributed by atoms with Gasteiger partial charge in [-0.1, -0.05) is 38.0 Å². The summed E-state index contributed by atoms with van der Waals surface area (Å²) in [6.07, 6.45) is 14.0. The van der Waals surface area contributed by atoms with E-state index in [1.54, 1.807) is 12.4 Å². The van der Waals surface area contributed by atoms with Crippen LogP contribution in [0.2, 0.25) is 0 Å². The number of nitrogens with zero attached hydrogens (tertiary/aromatic N) is 3. The van der Waals surface area contributed by atoms with Gasteiger partial charge in [-0.25, -0.2) is 0 Å². The third-order valence-corrected chi connectivity index (χ3v) is 5.21. The lowest BCUT2D eigenvalue weighted by Crippen LogP contribution is -2.02. The number of hydrogen-bond donors (Lipinski definition) is 0. The number of benzene rings is 1. The molecular formula is C24H23N3O. The van der Waals surface area contributed by atoms with E-state index < -0.39 is 0 Å². The first-order chi connectivity index (χ1) is 13.8. The number of ether oxygens (including phenoxy) is 1. The Kier molecular flexibility index (Phi) is 5.34. The van der Waals surface area contributed by atoms with Crippen LogP contribution in [0, 0.1) is 11.3 Å². The van der Waals surface area contributed by atoms with Crippen molar-refractivity contribution in [2.75, 3.05) is 6.61 Å². The maximum Gasteiger partial charge on any atom is 0.120 e. The Morgan fingerprint density at radius 2 is 2.21 bits per heavy atom. The predicted molar refractivity (Wildman–Crippen MR) is 112 cm³/mol. The molecule has 0 amide bonds. The number of unbranched alkanes of at least 4 members (excludes halogenated alkanes) is 1. The van der Waals surface area contributed by atoms with Crippen molar-refractivity contribution in [1.82, 2.24) is 4.98 Å². The van der Waals surface area contributed by atoms with Crippen LogP contribution in [0.3, 0.4) is 0 Å². The van der Waals surface area contributed by atoms with Crippen molar-refractivity contribution in [3.8, 4) is 11.8 Å². The molecule has 0 radical (unpaired) electrons. The third kappa shape index (κ3) is 3.89. The minimum Gasteiger partial charge on any atom is -0.489 e. The third-order valence-electron chi connectivity index (χ3n) is 5.21. The minimum absolute atomic E-state index is 0.318. The van der Waals surface area contributed by atoms with Gasteiger partial charge in [-0.05, 0) is 53.3 Å². The van der Waals surface area contributed by atoms with E-state index in [0.717, 1.165) is 40.9 Å². The molecule has 1 aromatic carbocycles. The van der Waals surface area contributed by atoms with Gasteiger partial charge in [0, 0.05) is 24.2 Å². The van der Waals surface area contributed by atoms with Crippen molar-refractivity contribution in [3.05, 3.63) is 70.6 Å². The molecular weight excluding hydrogens is 346 g/mol. The summed E-state index contributed by atoms with van der Waals surface area (Å²) >= 11 is 0. The molecule has 4 heteroatoms. The van der Waals surface area contributed by atoms with Gasteiger partial charge in [-0.2, -0.15) is 5.26 Å². The van der Waals surface area contributed by atoms with Crippen molar-refractivity contribution in [2.24, 2.45) is 4.99 Å². The summed E-state index contributed by atoms with van der Waals surface area (Å²) < 4.78 is 6.00. The van der Waals surface area contributed by atoms with Crippen molar-refractivity contribution >= 4 is 17.9 Å². The molecule has 28 heavy (non-hydrogen) atoms. The maximum atomic E-state index is 9.33. The lowest BCUT2D eigenvalue weighted by atomic mass is 10.0. The van der Waals surface area contributed by atoms with Crippen molar-refractivity contribution in [1.29, 1.82) is 5.26 Å². The molecule has 0 saturated heterocycles. The Hall–Kier alpha value is -3.19. The lowest BCUT2D eigenvalue weighted by molar-refractivity contribution is 0.358. The van der Waals surface area contributed by atoms with E-state index in [0.29, 0.717) is 18.2 Å². The van der Waals surface area contributed by atoms with Crippen LogP contribution in [0.1, 0.15) is 48.4 Å². The monoisotopic (exact) mass is 369 g/mol. The van der Waals surface area contributed by atoms with Gasteiger partial charge in [0.25, 0.3) is 0 Å². The van der Waals surface area contributed by atoms with E-state index in [1.165, 1.54) is 18.4 Å². The fourth-order valence-electron chi connectivity index (χ4n) is 3.69. The summed E-state index contributed by atoms with van der Waals surface area (Å²) in [6.45, 7) is 2.75. The van der Waals surface area contributed by atoms with Gasteiger partial charge in [0.1, 0.15) is 18.4 Å². The topological polar surface area (TPSA) is 58.3 Å². The van der Waals surface area contributed by atoms with Gasteiger partial charge in [-0.3, -0.25) is 9.98 Å². The fraction of sp³-hybridized carbons (Fsp3) is 0.292. The smallest absolute Gasteiger partial charge is 0.120 e. The maximum absolute atomic E-state index is 9.33. The zero-order chi connectivity index (χ0) is 19.3. The van der Waals surface area contributed by atoms with Gasteiger partial charge in [0.2, 0.25) is 0 Å². The largest absolute Gasteiger partial charge is 0.489 e. The van der Waals surface area contributed by atoms with Crippen LogP contribution in [0.5, 0.6) is 5.75 Å². The number of nitriles is 1. The predicted octanol–water partition coefficient (Wildman–Crippen LogP) is 5.00. The number of hydrogen-bond acceptors (Lipinski definition) is 4. The zero-order valence-corrected chi connectivity index (χ0v) is 16.1. The van der Waals surface area contributed by atoms with Gasteiger partial charge >= 0.3 is 0 Å². The molecule has 1 atom stereocenters. The summed E-state index contributed by atoms with van der Waals surface area (Å²) in [5.41, 5.74) is 6.28. The number of pyridine rings is 1. The molecule has 1 aliphatic carbocycles. The molecule has 4 nitrogen and oxygen atoms in total. The fourth-order valence-corrected chi connectivity index (χ4v) is 3.69. The second kappa shape index (κ2) is 8.22. The van der Waals surface area contributed by atoms with Crippen molar-refractivity contribution in [3.63, 3.8) is 0 Å². The summed E-state index contributed by atoms with van der Waals surface area (Å²) in [4.78, 5) is 8.59. The van der Waals surface area contributed by atoms with E-state index in [1.807, 2.05) is 18.3 Å². The highest BCUT2D eigenvalue weighted by molar-refractivity contribution is 5.90. The van der Waals surface area contributed by atoms with E-state index in [9.17, 15) is 5.26 Å². The number of rotatable bonds is 7. The Morgan fingerprint density at radius 3 is 3.07 bits per heavy atom. The second-order valence-electron chi connectivity index (χ2n) is 7.26. The van der Waals surface area contributed by atoms with E-state index in [-0.39, 0.29) is 0 Å². The Balaban J connectivity index is 1.44. The van der Waals surface area contributed by atoms with Gasteiger partial charge < -0.3 is 4.74 Å². The van der Waals surface area contributed by atoms with Crippen LogP contribution in [0.25, 0.3) is 11.6 Å². The molecule has 0 bridgehead atoms. The van der Waals surface area contributed by atoms with Crippen molar-refractivity contribution in [2.45, 2.75) is 38.6 Å². The number of aliphatic imine (C=N–C) groups is 1. The highest BCUT2D eigenvalue weighted by atomic mass is 16.5. The van der Waals surface area contributed by atoms with Gasteiger partial charge in [0.05, 0.1) is 11.6 Å². The van der Waals surface area contributed by atoms with E-state index >= 15 is 0 Å². The molecule has 1 aliphatic heterocycles. The molecule has 140 valence electrons. The van der Waals surface area contributed by atoms with Gasteiger partial charge in [-0.15, -0.1) is 0 Å². The first kappa shape index (κ1) is 18.2. The standard InChI is InChI=1S/C24H23N3O/c1-2-3-4-22-9-17(14-27-22)16-28-23-6-5-18-10-20(11-19(18)12-23)24-7-8-26-15-21(24)13-25/h5-9,11-12,14-15,22H,2-4,10,16H2,1H3. The van der Waals surface area contributed by atoms with Crippen molar-refractivity contribution < 1.29 is 4.74 Å².